The second-order valence-corrected chi connectivity index (χ2v) is 4.31. The molecule has 2 aliphatic heterocycles. The number of carbonyl (C=O) groups is 3. The summed E-state index contributed by atoms with van der Waals surface area (Å²) in [7, 11) is 0. The summed E-state index contributed by atoms with van der Waals surface area (Å²) < 4.78 is -0.278. The number of imide groups is 1. The van der Waals surface area contributed by atoms with Gasteiger partial charge in [0.15, 0.2) is 18.0 Å². The van der Waals surface area contributed by atoms with E-state index in [0.717, 1.165) is 11.9 Å². The highest BCUT2D eigenvalue weighted by atomic mass is 32.2. The summed E-state index contributed by atoms with van der Waals surface area (Å²) in [6.45, 7) is 0. The molecule has 2 aliphatic rings. The second-order valence-electron chi connectivity index (χ2n) is 2.71. The lowest BCUT2D eigenvalue weighted by atomic mass is 10.2. The highest BCUT2D eigenvalue weighted by Gasteiger charge is 2.84. The van der Waals surface area contributed by atoms with Gasteiger partial charge in [0, 0.05) is 6.42 Å². The maximum atomic E-state index is 11.0. The Balaban J connectivity index is 2.17. The fourth-order valence-corrected chi connectivity index (χ4v) is 2.73. The zero-order valence-electron chi connectivity index (χ0n) is 6.02. The first-order chi connectivity index (χ1) is 5.64. The standard InChI is InChI=1S/C6H5NO3S2/c8-4-5(9)7(4)3(1-2-11)6(10)12-7/h3H,1-2H2/p+1/t3-/m0/s1. The van der Waals surface area contributed by atoms with Gasteiger partial charge in [-0.15, -0.1) is 0 Å². The van der Waals surface area contributed by atoms with Gasteiger partial charge in [-0.1, -0.05) is 3.89 Å². The normalized spacial score (nSPS) is 30.8. The van der Waals surface area contributed by atoms with Crippen LogP contribution in [0.25, 0.3) is 0 Å². The average Bonchev–Trinajstić information content (AvgIpc) is 2.56. The first-order valence-electron chi connectivity index (χ1n) is 3.47. The zero-order chi connectivity index (χ0) is 8.93. The molecule has 2 fully saturated rings. The van der Waals surface area contributed by atoms with Gasteiger partial charge in [0.25, 0.3) is 0 Å². The zero-order valence-corrected chi connectivity index (χ0v) is 7.73. The Labute approximate surface area is 78.4 Å². The van der Waals surface area contributed by atoms with Crippen LogP contribution in [0.2, 0.25) is 0 Å². The van der Waals surface area contributed by atoms with Crippen LogP contribution < -0.4 is 0 Å². The topological polar surface area (TPSA) is 51.2 Å². The number of nitrogens with zero attached hydrogens (tertiary/aromatic N) is 1. The third-order valence-electron chi connectivity index (χ3n) is 2.08. The van der Waals surface area contributed by atoms with E-state index in [1.165, 1.54) is 0 Å². The highest BCUT2D eigenvalue weighted by Crippen LogP contribution is 2.52. The van der Waals surface area contributed by atoms with Crippen molar-refractivity contribution in [1.82, 2.24) is 0 Å². The van der Waals surface area contributed by atoms with Crippen molar-refractivity contribution in [2.45, 2.75) is 12.5 Å². The summed E-state index contributed by atoms with van der Waals surface area (Å²) in [6.07, 6.45) is 0.506. The van der Waals surface area contributed by atoms with Gasteiger partial charge in [0.2, 0.25) is 0 Å². The quantitative estimate of drug-likeness (QED) is 0.221. The molecule has 0 saturated carbocycles. The third-order valence-corrected chi connectivity index (χ3v) is 3.67. The minimum atomic E-state index is -0.439. The van der Waals surface area contributed by atoms with Crippen LogP contribution in [0.3, 0.4) is 0 Å². The minimum absolute atomic E-state index is 0.0664. The molecule has 0 aliphatic carbocycles. The van der Waals surface area contributed by atoms with E-state index in [4.69, 9.17) is 0 Å². The molecule has 0 aromatic carbocycles. The van der Waals surface area contributed by atoms with Gasteiger partial charge in [0.1, 0.15) is 0 Å². The van der Waals surface area contributed by atoms with Gasteiger partial charge >= 0.3 is 16.9 Å². The lowest BCUT2D eigenvalue weighted by molar-refractivity contribution is -0.594. The van der Waals surface area contributed by atoms with Crippen LogP contribution in [0.1, 0.15) is 6.42 Å². The molecule has 0 aromatic heterocycles. The van der Waals surface area contributed by atoms with Crippen LogP contribution in [0.4, 0.5) is 0 Å². The largest absolute Gasteiger partial charge is 0.465 e. The molecule has 2 amide bonds. The summed E-state index contributed by atoms with van der Waals surface area (Å²) >= 11 is 4.79. The van der Waals surface area contributed by atoms with Crippen molar-refractivity contribution >= 4 is 41.5 Å². The van der Waals surface area contributed by atoms with Crippen LogP contribution in [0.5, 0.6) is 0 Å². The van der Waals surface area contributed by atoms with E-state index >= 15 is 0 Å². The van der Waals surface area contributed by atoms with E-state index < -0.39 is 17.9 Å². The Morgan fingerprint density at radius 3 is 2.25 bits per heavy atom. The van der Waals surface area contributed by atoms with Crippen LogP contribution in [-0.4, -0.2) is 32.6 Å². The number of thiol groups is 1. The minimum Gasteiger partial charge on any atom is -0.274 e. The Kier molecular flexibility index (Phi) is 1.61. The predicted molar refractivity (Wildman–Crippen MR) is 45.1 cm³/mol. The number of rotatable bonds is 2. The number of quaternary nitrogens is 1. The predicted octanol–water partition coefficient (Wildman–Crippen LogP) is -0.253. The highest BCUT2D eigenvalue weighted by molar-refractivity contribution is 8.11. The summed E-state index contributed by atoms with van der Waals surface area (Å²) in [5.74, 6) is -0.352. The molecule has 2 saturated heterocycles. The maximum absolute atomic E-state index is 11.0. The second kappa shape index (κ2) is 2.34. The van der Waals surface area contributed by atoms with Crippen LogP contribution >= 0.6 is 24.6 Å². The number of carbonyl (C=O) groups excluding carboxylic acids is 3. The smallest absolute Gasteiger partial charge is 0.274 e. The molecule has 1 spiro atoms. The first kappa shape index (κ1) is 8.28. The fraction of sp³-hybridized carbons (Fsp3) is 0.500. The molecular weight excluding hydrogens is 198 g/mol. The van der Waals surface area contributed by atoms with Crippen molar-refractivity contribution in [3.63, 3.8) is 0 Å². The molecule has 1 atom stereocenters. The summed E-state index contributed by atoms with van der Waals surface area (Å²) in [4.78, 5) is 32.7. The van der Waals surface area contributed by atoms with E-state index in [1.807, 2.05) is 0 Å². The molecule has 6 heteroatoms. The lowest BCUT2D eigenvalue weighted by Gasteiger charge is -2.26. The van der Waals surface area contributed by atoms with Crippen molar-refractivity contribution in [2.24, 2.45) is 0 Å². The maximum Gasteiger partial charge on any atom is 0.465 e. The fourth-order valence-electron chi connectivity index (χ4n) is 1.36. The number of hydrogen-bond donors (Lipinski definition) is 1. The molecule has 2 heterocycles. The van der Waals surface area contributed by atoms with Gasteiger partial charge in [-0.05, 0) is 5.75 Å². The van der Waals surface area contributed by atoms with Gasteiger partial charge in [-0.3, -0.25) is 4.79 Å². The molecule has 4 nitrogen and oxygen atoms in total. The van der Waals surface area contributed by atoms with Crippen molar-refractivity contribution in [3.8, 4) is 0 Å². The molecule has 64 valence electrons. The van der Waals surface area contributed by atoms with Gasteiger partial charge < -0.3 is 0 Å². The first-order valence-corrected chi connectivity index (χ1v) is 4.87. The summed E-state index contributed by atoms with van der Waals surface area (Å²) in [5.41, 5.74) is 0. The number of hydrogen-bond acceptors (Lipinski definition) is 5. The Hall–Kier alpha value is -0.330. The summed E-state index contributed by atoms with van der Waals surface area (Å²) in [6, 6.07) is -0.438. The lowest BCUT2D eigenvalue weighted by Crippen LogP contribution is -2.51. The average molecular weight is 204 g/mol. The molecule has 2 rings (SSSR count). The van der Waals surface area contributed by atoms with Crippen molar-refractivity contribution < 1.29 is 18.3 Å². The van der Waals surface area contributed by atoms with Gasteiger partial charge in [0.05, 0.1) is 0 Å². The van der Waals surface area contributed by atoms with E-state index in [9.17, 15) is 14.4 Å². The van der Waals surface area contributed by atoms with E-state index in [0.29, 0.717) is 12.2 Å². The monoisotopic (exact) mass is 204 g/mol. The van der Waals surface area contributed by atoms with E-state index in [-0.39, 0.29) is 9.00 Å². The van der Waals surface area contributed by atoms with Crippen molar-refractivity contribution in [1.29, 1.82) is 0 Å². The van der Waals surface area contributed by atoms with Crippen LogP contribution in [0, 0.1) is 0 Å². The molecule has 12 heavy (non-hydrogen) atoms. The Morgan fingerprint density at radius 2 is 1.92 bits per heavy atom. The van der Waals surface area contributed by atoms with Crippen LogP contribution in [0.15, 0.2) is 0 Å². The molecular formula is C6H6NO3S2+. The summed E-state index contributed by atoms with van der Waals surface area (Å²) in [5, 5.41) is -0.0664. The SMILES string of the molecule is O=C1S[N+]2(C(=O)C2=O)[C@H]1CCS. The molecule has 0 N–H and O–H groups in total. The van der Waals surface area contributed by atoms with Crippen molar-refractivity contribution in [3.05, 3.63) is 0 Å². The van der Waals surface area contributed by atoms with Crippen LogP contribution in [-0.2, 0) is 14.4 Å². The van der Waals surface area contributed by atoms with E-state index in [2.05, 4.69) is 12.6 Å². The van der Waals surface area contributed by atoms with Gasteiger partial charge in [-0.2, -0.15) is 12.6 Å². The van der Waals surface area contributed by atoms with E-state index in [1.54, 1.807) is 0 Å². The third kappa shape index (κ3) is 0.725. The molecule has 0 radical (unpaired) electrons. The number of amides is 2. The van der Waals surface area contributed by atoms with Gasteiger partial charge in [-0.25, -0.2) is 9.59 Å². The molecule has 0 bridgehead atoms. The van der Waals surface area contributed by atoms with Crippen molar-refractivity contribution in [2.75, 3.05) is 5.75 Å². The Bertz CT molecular complexity index is 287. The Morgan fingerprint density at radius 1 is 1.33 bits per heavy atom. The molecule has 0 unspecified atom stereocenters. The molecule has 0 aromatic rings.